The van der Waals surface area contributed by atoms with Crippen LogP contribution in [0, 0.1) is 27.7 Å². The van der Waals surface area contributed by atoms with Crippen LogP contribution in [0.1, 0.15) is 45.8 Å². The van der Waals surface area contributed by atoms with Gasteiger partial charge in [0, 0.05) is 27.0 Å². The van der Waals surface area contributed by atoms with E-state index in [1.807, 2.05) is 45.9 Å². The predicted octanol–water partition coefficient (Wildman–Crippen LogP) is 3.71. The average Bonchev–Trinajstić information content (AvgIpc) is 3.05. The molecule has 3 rings (SSSR count). The zero-order valence-corrected chi connectivity index (χ0v) is 16.9. The van der Waals surface area contributed by atoms with Crippen molar-refractivity contribution in [1.29, 1.82) is 0 Å². The van der Waals surface area contributed by atoms with Crippen LogP contribution in [0.2, 0.25) is 0 Å². The summed E-state index contributed by atoms with van der Waals surface area (Å²) in [6.45, 7) is 9.95. The van der Waals surface area contributed by atoms with Crippen LogP contribution in [0.3, 0.4) is 0 Å². The first-order chi connectivity index (χ1) is 11.7. The summed E-state index contributed by atoms with van der Waals surface area (Å²) >= 11 is 1.54. The van der Waals surface area contributed by atoms with Gasteiger partial charge in [0.05, 0.1) is 6.04 Å². The number of hydrogen-bond acceptors (Lipinski definition) is 5. The van der Waals surface area contributed by atoms with Crippen molar-refractivity contribution >= 4 is 27.0 Å². The first kappa shape index (κ1) is 18.4. The molecule has 3 N–H and O–H groups in total. The van der Waals surface area contributed by atoms with Crippen molar-refractivity contribution in [3.05, 3.63) is 44.6 Å². The van der Waals surface area contributed by atoms with Crippen molar-refractivity contribution in [2.75, 3.05) is 4.72 Å². The maximum absolute atomic E-state index is 13.1. The van der Waals surface area contributed by atoms with Crippen LogP contribution in [0.15, 0.2) is 23.1 Å². The lowest BCUT2D eigenvalue weighted by Crippen LogP contribution is -2.29. The summed E-state index contributed by atoms with van der Waals surface area (Å²) < 4.78 is 29.0. The van der Waals surface area contributed by atoms with Gasteiger partial charge in [-0.3, -0.25) is 10.1 Å². The van der Waals surface area contributed by atoms with Crippen LogP contribution >= 0.6 is 11.3 Å². The van der Waals surface area contributed by atoms with E-state index in [0.29, 0.717) is 16.6 Å². The van der Waals surface area contributed by atoms with Crippen LogP contribution < -0.4 is 15.6 Å². The van der Waals surface area contributed by atoms with Crippen LogP contribution in [0.4, 0.5) is 5.69 Å². The normalized spacial score (nSPS) is 20.8. The van der Waals surface area contributed by atoms with E-state index in [1.165, 1.54) is 0 Å². The molecular formula is C18H25N3O2S2. The van der Waals surface area contributed by atoms with E-state index in [4.69, 9.17) is 0 Å². The minimum absolute atomic E-state index is 0.00581. The van der Waals surface area contributed by atoms with Gasteiger partial charge >= 0.3 is 0 Å². The van der Waals surface area contributed by atoms with Crippen LogP contribution in [0.5, 0.6) is 0 Å². The fraction of sp³-hybridized carbons (Fsp3) is 0.444. The molecule has 7 heteroatoms. The van der Waals surface area contributed by atoms with Crippen molar-refractivity contribution in [3.63, 3.8) is 0 Å². The van der Waals surface area contributed by atoms with E-state index in [9.17, 15) is 8.42 Å². The Morgan fingerprint density at radius 3 is 2.40 bits per heavy atom. The van der Waals surface area contributed by atoms with Crippen molar-refractivity contribution in [2.24, 2.45) is 0 Å². The summed E-state index contributed by atoms with van der Waals surface area (Å²) in [5.41, 5.74) is 10.1. The van der Waals surface area contributed by atoms with Crippen molar-refractivity contribution in [2.45, 2.75) is 58.0 Å². The number of thiophene rings is 1. The second kappa shape index (κ2) is 6.72. The van der Waals surface area contributed by atoms with Crippen molar-refractivity contribution in [1.82, 2.24) is 10.9 Å². The standard InChI is InChI=1S/C18H25N3O2S2/c1-10-6-7-15(8-11(10)2)21-25(22,23)18-14(5)24-13(4)17(18)16-9-12(3)19-20-16/h6-8,12,16,19-21H,9H2,1-5H3. The molecule has 0 radical (unpaired) electrons. The molecule has 1 fully saturated rings. The quantitative estimate of drug-likeness (QED) is 0.757. The molecule has 2 heterocycles. The number of sulfonamides is 1. The van der Waals surface area contributed by atoms with Gasteiger partial charge in [0.15, 0.2) is 0 Å². The van der Waals surface area contributed by atoms with Crippen LogP contribution in [-0.4, -0.2) is 14.5 Å². The number of rotatable bonds is 4. The minimum Gasteiger partial charge on any atom is -0.280 e. The summed E-state index contributed by atoms with van der Waals surface area (Å²) in [5, 5.41) is 0. The largest absolute Gasteiger partial charge is 0.280 e. The number of benzene rings is 1. The summed E-state index contributed by atoms with van der Waals surface area (Å²) in [6.07, 6.45) is 0.864. The lowest BCUT2D eigenvalue weighted by Gasteiger charge is -2.15. The Morgan fingerprint density at radius 2 is 1.80 bits per heavy atom. The zero-order valence-electron chi connectivity index (χ0n) is 15.2. The van der Waals surface area contributed by atoms with Crippen molar-refractivity contribution < 1.29 is 8.42 Å². The molecule has 0 aliphatic carbocycles. The summed E-state index contributed by atoms with van der Waals surface area (Å²) in [7, 11) is -3.65. The first-order valence-corrected chi connectivity index (χ1v) is 10.7. The number of nitrogens with one attached hydrogen (secondary N) is 3. The fourth-order valence-electron chi connectivity index (χ4n) is 3.33. The van der Waals surface area contributed by atoms with E-state index >= 15 is 0 Å². The fourth-order valence-corrected chi connectivity index (χ4v) is 6.37. The highest BCUT2D eigenvalue weighted by atomic mass is 32.2. The molecule has 2 atom stereocenters. The molecule has 1 aromatic heterocycles. The zero-order chi connectivity index (χ0) is 18.4. The second-order valence-electron chi connectivity index (χ2n) is 6.84. The third-order valence-corrected chi connectivity index (χ3v) is 7.45. The maximum atomic E-state index is 13.1. The molecule has 1 saturated heterocycles. The van der Waals surface area contributed by atoms with E-state index in [0.717, 1.165) is 32.9 Å². The highest BCUT2D eigenvalue weighted by molar-refractivity contribution is 7.93. The molecule has 0 amide bonds. The number of anilines is 1. The Hall–Kier alpha value is -1.41. The molecule has 136 valence electrons. The van der Waals surface area contributed by atoms with E-state index in [-0.39, 0.29) is 6.04 Å². The highest BCUT2D eigenvalue weighted by Gasteiger charge is 2.33. The van der Waals surface area contributed by atoms with Gasteiger partial charge in [0.25, 0.3) is 10.0 Å². The Balaban J connectivity index is 2.01. The van der Waals surface area contributed by atoms with Crippen LogP contribution in [0.25, 0.3) is 0 Å². The topological polar surface area (TPSA) is 70.2 Å². The second-order valence-corrected chi connectivity index (χ2v) is 9.89. The minimum atomic E-state index is -3.65. The first-order valence-electron chi connectivity index (χ1n) is 8.40. The van der Waals surface area contributed by atoms with Gasteiger partial charge in [-0.15, -0.1) is 11.3 Å². The SMILES string of the molecule is Cc1ccc(NS(=O)(=O)c2c(C)sc(C)c2C2CC(C)NN2)cc1C. The Kier molecular flexibility index (Phi) is 4.94. The Bertz CT molecular complexity index is 903. The van der Waals surface area contributed by atoms with Gasteiger partial charge in [-0.05, 0) is 64.3 Å². The lowest BCUT2D eigenvalue weighted by molar-refractivity contribution is 0.552. The molecule has 2 unspecified atom stereocenters. The third kappa shape index (κ3) is 3.60. The predicted molar refractivity (Wildman–Crippen MR) is 104 cm³/mol. The molecule has 0 saturated carbocycles. The molecule has 0 bridgehead atoms. The van der Waals surface area contributed by atoms with Gasteiger partial charge < -0.3 is 0 Å². The number of hydrazine groups is 1. The Labute approximate surface area is 153 Å². The number of aryl methyl sites for hydroxylation is 4. The van der Waals surface area contributed by atoms with E-state index in [2.05, 4.69) is 22.5 Å². The van der Waals surface area contributed by atoms with Crippen LogP contribution in [-0.2, 0) is 10.0 Å². The van der Waals surface area contributed by atoms with Gasteiger partial charge in [0.1, 0.15) is 4.90 Å². The molecule has 1 aromatic carbocycles. The van der Waals surface area contributed by atoms with E-state index in [1.54, 1.807) is 11.3 Å². The molecule has 5 nitrogen and oxygen atoms in total. The highest BCUT2D eigenvalue weighted by Crippen LogP contribution is 2.39. The summed E-state index contributed by atoms with van der Waals surface area (Å²) in [5.74, 6) is 0. The molecule has 2 aromatic rings. The molecule has 1 aliphatic rings. The maximum Gasteiger partial charge on any atom is 0.263 e. The average molecular weight is 380 g/mol. The van der Waals surface area contributed by atoms with Crippen molar-refractivity contribution in [3.8, 4) is 0 Å². The lowest BCUT2D eigenvalue weighted by atomic mass is 10.0. The van der Waals surface area contributed by atoms with E-state index < -0.39 is 10.0 Å². The Morgan fingerprint density at radius 1 is 1.08 bits per heavy atom. The summed E-state index contributed by atoms with van der Waals surface area (Å²) in [4.78, 5) is 2.29. The molecule has 0 spiro atoms. The number of hydrogen-bond donors (Lipinski definition) is 3. The monoisotopic (exact) mass is 379 g/mol. The van der Waals surface area contributed by atoms with Gasteiger partial charge in [-0.25, -0.2) is 13.8 Å². The summed E-state index contributed by atoms with van der Waals surface area (Å²) in [6, 6.07) is 5.94. The molecule has 1 aliphatic heterocycles. The smallest absolute Gasteiger partial charge is 0.263 e. The van der Waals surface area contributed by atoms with Gasteiger partial charge in [0.2, 0.25) is 0 Å². The third-order valence-electron chi connectivity index (χ3n) is 4.72. The molecule has 25 heavy (non-hydrogen) atoms. The van der Waals surface area contributed by atoms with Gasteiger partial charge in [-0.2, -0.15) is 0 Å². The molecular weight excluding hydrogens is 354 g/mol. The van der Waals surface area contributed by atoms with Gasteiger partial charge in [-0.1, -0.05) is 6.07 Å².